The van der Waals surface area contributed by atoms with Gasteiger partial charge in [-0.25, -0.2) is 4.79 Å². The molecule has 45 heavy (non-hydrogen) atoms. The topological polar surface area (TPSA) is 58.6 Å². The number of hydrogen-bond acceptors (Lipinski definition) is 3. The van der Waals surface area contributed by atoms with Gasteiger partial charge in [0.1, 0.15) is 6.10 Å². The van der Waals surface area contributed by atoms with Gasteiger partial charge in [-0.3, -0.25) is 4.79 Å². The molecule has 5 rings (SSSR count). The number of fused-ring (bicyclic) bond motifs is 1. The second kappa shape index (κ2) is 13.2. The summed E-state index contributed by atoms with van der Waals surface area (Å²) in [7, 11) is 0. The third-order valence-corrected chi connectivity index (χ3v) is 7.89. The fraction of sp³-hybridized carbons (Fsp3) is 0.294. The van der Waals surface area contributed by atoms with Crippen molar-refractivity contribution in [2.75, 3.05) is 13.1 Å². The van der Waals surface area contributed by atoms with E-state index in [0.717, 1.165) is 21.9 Å². The largest absolute Gasteiger partial charge is 0.446 e. The minimum atomic E-state index is -5.08. The van der Waals surface area contributed by atoms with Crippen LogP contribution in [0.5, 0.6) is 0 Å². The average molecular weight is 629 g/mol. The lowest BCUT2D eigenvalue weighted by molar-refractivity contribution is -0.143. The van der Waals surface area contributed by atoms with Gasteiger partial charge in [-0.1, -0.05) is 72.8 Å². The molecule has 0 spiro atoms. The molecule has 236 valence electrons. The molecule has 1 heterocycles. The maximum Gasteiger partial charge on any atom is 0.416 e. The van der Waals surface area contributed by atoms with Gasteiger partial charge < -0.3 is 15.0 Å². The van der Waals surface area contributed by atoms with Crippen molar-refractivity contribution >= 4 is 22.8 Å². The molecule has 4 aromatic carbocycles. The van der Waals surface area contributed by atoms with Gasteiger partial charge in [-0.15, -0.1) is 0 Å². The molecule has 4 aromatic rings. The van der Waals surface area contributed by atoms with Crippen molar-refractivity contribution in [2.24, 2.45) is 0 Å². The summed E-state index contributed by atoms with van der Waals surface area (Å²) in [6.45, 7) is 0.288. The number of halogens is 6. The van der Waals surface area contributed by atoms with Crippen LogP contribution >= 0.6 is 0 Å². The SMILES string of the molecule is O=C(NCCc1cccc2ccccc12)O[C@H]1CCN(C(=O)c2cc(C(F)(F)F)cc(C(F)(F)F)c2)[C@@H](Cc2ccccc2)C1. The molecule has 0 radical (unpaired) electrons. The predicted octanol–water partition coefficient (Wildman–Crippen LogP) is 8.06. The first-order valence-corrected chi connectivity index (χ1v) is 14.4. The number of piperidine rings is 1. The van der Waals surface area contributed by atoms with Crippen LogP contribution < -0.4 is 5.32 Å². The smallest absolute Gasteiger partial charge is 0.416 e. The maximum absolute atomic E-state index is 13.5. The maximum atomic E-state index is 13.5. The first-order chi connectivity index (χ1) is 21.4. The van der Waals surface area contributed by atoms with E-state index in [1.807, 2.05) is 42.5 Å². The van der Waals surface area contributed by atoms with Crippen LogP contribution in [-0.4, -0.2) is 42.1 Å². The first kappa shape index (κ1) is 31.9. The molecular formula is C34H30F6N2O3. The van der Waals surface area contributed by atoms with E-state index in [9.17, 15) is 35.9 Å². The molecule has 5 nitrogen and oxygen atoms in total. The Kier molecular flexibility index (Phi) is 9.36. The van der Waals surface area contributed by atoms with Gasteiger partial charge in [0.2, 0.25) is 0 Å². The Balaban J connectivity index is 1.29. The normalized spacial score (nSPS) is 17.2. The second-order valence-corrected chi connectivity index (χ2v) is 11.0. The van der Waals surface area contributed by atoms with Gasteiger partial charge >= 0.3 is 18.4 Å². The Hall–Kier alpha value is -4.54. The molecule has 11 heteroatoms. The van der Waals surface area contributed by atoms with Crippen LogP contribution in [0.25, 0.3) is 10.8 Å². The molecule has 0 saturated carbocycles. The first-order valence-electron chi connectivity index (χ1n) is 14.4. The molecule has 1 aliphatic heterocycles. The van der Waals surface area contributed by atoms with Crippen LogP contribution in [0.15, 0.2) is 91.0 Å². The zero-order valence-corrected chi connectivity index (χ0v) is 24.0. The van der Waals surface area contributed by atoms with E-state index in [0.29, 0.717) is 25.1 Å². The van der Waals surface area contributed by atoms with Gasteiger partial charge in [0.25, 0.3) is 5.91 Å². The van der Waals surface area contributed by atoms with Gasteiger partial charge in [0.15, 0.2) is 0 Å². The van der Waals surface area contributed by atoms with Gasteiger partial charge in [-0.05, 0) is 52.9 Å². The lowest BCUT2D eigenvalue weighted by Gasteiger charge is -2.39. The van der Waals surface area contributed by atoms with Crippen molar-refractivity contribution < 1.29 is 40.7 Å². The highest BCUT2D eigenvalue weighted by Crippen LogP contribution is 2.37. The average Bonchev–Trinajstić information content (AvgIpc) is 3.00. The van der Waals surface area contributed by atoms with E-state index in [2.05, 4.69) is 5.32 Å². The van der Waals surface area contributed by atoms with E-state index in [1.165, 1.54) is 4.90 Å². The minimum Gasteiger partial charge on any atom is -0.446 e. The number of alkyl halides is 6. The molecule has 0 aliphatic carbocycles. The number of nitrogens with one attached hydrogen (secondary N) is 1. The number of carbonyl (C=O) groups is 2. The zero-order valence-electron chi connectivity index (χ0n) is 24.0. The van der Waals surface area contributed by atoms with Crippen LogP contribution in [0.1, 0.15) is 45.5 Å². The van der Waals surface area contributed by atoms with Gasteiger partial charge in [-0.2, -0.15) is 26.3 Å². The summed E-state index contributed by atoms with van der Waals surface area (Å²) >= 11 is 0. The van der Waals surface area contributed by atoms with Crippen molar-refractivity contribution in [1.29, 1.82) is 0 Å². The van der Waals surface area contributed by atoms with E-state index >= 15 is 0 Å². The summed E-state index contributed by atoms with van der Waals surface area (Å²) in [6, 6.07) is 23.1. The molecule has 1 saturated heterocycles. The van der Waals surface area contributed by atoms with E-state index in [1.54, 1.807) is 30.3 Å². The van der Waals surface area contributed by atoms with Gasteiger partial charge in [0.05, 0.1) is 11.1 Å². The Bertz CT molecular complexity index is 1620. The van der Waals surface area contributed by atoms with Crippen LogP contribution in [0.3, 0.4) is 0 Å². The highest BCUT2D eigenvalue weighted by Gasteiger charge is 2.39. The Labute approximate surface area is 255 Å². The summed E-state index contributed by atoms with van der Waals surface area (Å²) in [6.07, 6.45) is -10.3. The highest BCUT2D eigenvalue weighted by molar-refractivity contribution is 5.95. The molecule has 0 aromatic heterocycles. The fourth-order valence-electron chi connectivity index (χ4n) is 5.72. The number of likely N-dealkylation sites (tertiary alicyclic amines) is 1. The third-order valence-electron chi connectivity index (χ3n) is 7.89. The summed E-state index contributed by atoms with van der Waals surface area (Å²) < 4.78 is 86.6. The summed E-state index contributed by atoms with van der Waals surface area (Å²) in [5.74, 6) is -0.953. The molecule has 0 unspecified atom stereocenters. The van der Waals surface area contributed by atoms with Crippen molar-refractivity contribution in [1.82, 2.24) is 10.2 Å². The van der Waals surface area contributed by atoms with Crippen LogP contribution in [-0.2, 0) is 29.9 Å². The number of amides is 2. The summed E-state index contributed by atoms with van der Waals surface area (Å²) in [5.41, 5.74) is -1.95. The predicted molar refractivity (Wildman–Crippen MR) is 157 cm³/mol. The summed E-state index contributed by atoms with van der Waals surface area (Å²) in [4.78, 5) is 27.5. The number of benzene rings is 4. The van der Waals surface area contributed by atoms with Crippen molar-refractivity contribution in [3.8, 4) is 0 Å². The molecule has 2 amide bonds. The number of hydrogen-bond donors (Lipinski definition) is 1. The molecule has 1 N–H and O–H groups in total. The van der Waals surface area contributed by atoms with Crippen LogP contribution in [0, 0.1) is 0 Å². The Morgan fingerprint density at radius 3 is 2.16 bits per heavy atom. The number of alkyl carbamates (subject to hydrolysis) is 1. The van der Waals surface area contributed by atoms with E-state index in [-0.39, 0.29) is 31.9 Å². The van der Waals surface area contributed by atoms with E-state index in [4.69, 9.17) is 4.74 Å². The lowest BCUT2D eigenvalue weighted by Crippen LogP contribution is -2.50. The van der Waals surface area contributed by atoms with Crippen molar-refractivity contribution in [3.63, 3.8) is 0 Å². The lowest BCUT2D eigenvalue weighted by atomic mass is 9.92. The molecule has 0 bridgehead atoms. The minimum absolute atomic E-state index is 0.00279. The number of nitrogens with zero attached hydrogens (tertiary/aromatic N) is 1. The van der Waals surface area contributed by atoms with Crippen LogP contribution in [0.4, 0.5) is 31.1 Å². The van der Waals surface area contributed by atoms with E-state index < -0.39 is 53.2 Å². The highest BCUT2D eigenvalue weighted by atomic mass is 19.4. The third kappa shape index (κ3) is 7.95. The molecule has 1 fully saturated rings. The second-order valence-electron chi connectivity index (χ2n) is 11.0. The zero-order chi connectivity index (χ0) is 32.2. The molecular weight excluding hydrogens is 598 g/mol. The molecule has 1 aliphatic rings. The Morgan fingerprint density at radius 1 is 0.822 bits per heavy atom. The van der Waals surface area contributed by atoms with Crippen LogP contribution in [0.2, 0.25) is 0 Å². The number of carbonyl (C=O) groups excluding carboxylic acids is 2. The van der Waals surface area contributed by atoms with Crippen molar-refractivity contribution in [3.05, 3.63) is 119 Å². The Morgan fingerprint density at radius 2 is 1.47 bits per heavy atom. The van der Waals surface area contributed by atoms with Crippen molar-refractivity contribution in [2.45, 2.75) is 50.2 Å². The fourth-order valence-corrected chi connectivity index (χ4v) is 5.72. The molecule has 2 atom stereocenters. The number of ether oxygens (including phenoxy) is 1. The standard InChI is InChI=1S/C34H30F6N2O3/c35-33(36,37)26-18-25(19-27(20-26)34(38,39)40)31(43)42-16-14-29(21-28(42)17-22-7-2-1-3-8-22)45-32(44)41-15-13-24-11-6-10-23-9-4-5-12-30(23)24/h1-12,18-20,28-29H,13-17,21H2,(H,41,44)/t28-,29-/m0/s1. The van der Waals surface area contributed by atoms with Gasteiger partial charge in [0, 0.05) is 37.5 Å². The summed E-state index contributed by atoms with van der Waals surface area (Å²) in [5, 5.41) is 4.92. The quantitative estimate of drug-likeness (QED) is 0.211. The monoisotopic (exact) mass is 628 g/mol. The number of rotatable bonds is 7.